The van der Waals surface area contributed by atoms with Crippen molar-refractivity contribution < 1.29 is 19.0 Å². The van der Waals surface area contributed by atoms with Gasteiger partial charge in [0, 0.05) is 51.3 Å². The van der Waals surface area contributed by atoms with Crippen LogP contribution >= 0.6 is 27.5 Å². The van der Waals surface area contributed by atoms with Gasteiger partial charge in [-0.3, -0.25) is 19.4 Å². The summed E-state index contributed by atoms with van der Waals surface area (Å²) in [5, 5.41) is 6.23. The molecule has 0 radical (unpaired) electrons. The predicted molar refractivity (Wildman–Crippen MR) is 137 cm³/mol. The van der Waals surface area contributed by atoms with Gasteiger partial charge in [-0.1, -0.05) is 11.6 Å². The fraction of sp³-hybridized carbons (Fsp3) is 0.583. The van der Waals surface area contributed by atoms with Crippen molar-refractivity contribution in [2.24, 2.45) is 5.92 Å². The Morgan fingerprint density at radius 2 is 2.06 bits per heavy atom. The van der Waals surface area contributed by atoms with Gasteiger partial charge in [-0.15, -0.1) is 0 Å². The molecule has 0 aliphatic carbocycles. The van der Waals surface area contributed by atoms with Crippen LogP contribution in [0.2, 0.25) is 5.02 Å². The number of H-pyrrole nitrogens is 1. The number of hydrogen-bond donors (Lipinski definition) is 2. The Morgan fingerprint density at radius 1 is 1.29 bits per heavy atom. The average Bonchev–Trinajstić information content (AvgIpc) is 3.12. The number of hydrogen-bond acceptors (Lipinski definition) is 6. The van der Waals surface area contributed by atoms with Crippen LogP contribution in [0.4, 0.5) is 0 Å². The first-order chi connectivity index (χ1) is 17.0. The third-order valence-electron chi connectivity index (χ3n) is 6.55. The van der Waals surface area contributed by atoms with Gasteiger partial charge in [0.1, 0.15) is 0 Å². The maximum atomic E-state index is 13.1. The van der Waals surface area contributed by atoms with Gasteiger partial charge in [0.25, 0.3) is 11.5 Å². The molecule has 192 valence electrons. The number of unbranched alkanes of at least 4 members (excludes halogenated alkanes) is 1. The molecule has 0 saturated carbocycles. The molecule has 2 atom stereocenters. The first-order valence-corrected chi connectivity index (χ1v) is 13.2. The highest BCUT2D eigenvalue weighted by atomic mass is 79.9. The number of piperidine rings is 1. The first-order valence-electron chi connectivity index (χ1n) is 12.0. The van der Waals surface area contributed by atoms with E-state index in [1.165, 1.54) is 6.07 Å². The molecule has 1 aromatic carbocycles. The smallest absolute Gasteiger partial charge is 0.264 e. The number of aromatic nitrogens is 2. The molecule has 2 unspecified atom stereocenters. The minimum absolute atomic E-state index is 0.0371. The van der Waals surface area contributed by atoms with E-state index < -0.39 is 0 Å². The van der Waals surface area contributed by atoms with Gasteiger partial charge in [-0.2, -0.15) is 0 Å². The van der Waals surface area contributed by atoms with Crippen molar-refractivity contribution in [1.29, 1.82) is 0 Å². The molecule has 4 rings (SSSR count). The van der Waals surface area contributed by atoms with Gasteiger partial charge in [-0.25, -0.2) is 0 Å². The molecule has 2 aromatic rings. The fourth-order valence-electron chi connectivity index (χ4n) is 4.61. The van der Waals surface area contributed by atoms with Crippen LogP contribution in [0.25, 0.3) is 0 Å². The highest BCUT2D eigenvalue weighted by Gasteiger charge is 2.30. The Kier molecular flexibility index (Phi) is 9.16. The second-order valence-corrected chi connectivity index (χ2v) is 10.2. The van der Waals surface area contributed by atoms with Gasteiger partial charge >= 0.3 is 0 Å². The number of likely N-dealkylation sites (tertiary alicyclic amines) is 1. The highest BCUT2D eigenvalue weighted by Crippen LogP contribution is 2.44. The topological polar surface area (TPSA) is 97.8 Å². The molecule has 2 aliphatic heterocycles. The summed E-state index contributed by atoms with van der Waals surface area (Å²) < 4.78 is 19.8. The van der Waals surface area contributed by atoms with E-state index in [1.54, 1.807) is 19.4 Å². The van der Waals surface area contributed by atoms with E-state index in [1.807, 2.05) is 4.68 Å². The molecular weight excluding hydrogens is 540 g/mol. The van der Waals surface area contributed by atoms with Gasteiger partial charge in [0.15, 0.2) is 11.5 Å². The van der Waals surface area contributed by atoms with E-state index in [0.29, 0.717) is 46.3 Å². The monoisotopic (exact) mass is 570 g/mol. The summed E-state index contributed by atoms with van der Waals surface area (Å²) in [6.45, 7) is 5.06. The van der Waals surface area contributed by atoms with E-state index in [-0.39, 0.29) is 23.5 Å². The minimum Gasteiger partial charge on any atom is -0.489 e. The largest absolute Gasteiger partial charge is 0.489 e. The highest BCUT2D eigenvalue weighted by molar-refractivity contribution is 9.10. The molecule has 11 heteroatoms. The number of carbonyl (C=O) groups is 1. The molecule has 0 bridgehead atoms. The number of benzene rings is 1. The van der Waals surface area contributed by atoms with E-state index in [4.69, 9.17) is 25.8 Å². The normalized spacial score (nSPS) is 20.4. The van der Waals surface area contributed by atoms with Crippen LogP contribution in [0, 0.1) is 5.92 Å². The quantitative estimate of drug-likeness (QED) is 0.449. The molecule has 1 amide bonds. The number of ether oxygens (including phenoxy) is 3. The predicted octanol–water partition coefficient (Wildman–Crippen LogP) is 3.30. The van der Waals surface area contributed by atoms with Crippen molar-refractivity contribution in [3.8, 4) is 11.5 Å². The number of fused-ring (bicyclic) bond motifs is 1. The number of nitrogens with zero attached hydrogens (tertiary/aromatic N) is 2. The number of amides is 1. The number of aryl methyl sites for hydroxylation is 1. The van der Waals surface area contributed by atoms with Gasteiger partial charge in [-0.05, 0) is 54.3 Å². The number of nitrogens with one attached hydrogen (secondary N) is 2. The molecule has 1 aromatic heterocycles. The van der Waals surface area contributed by atoms with Crippen LogP contribution in [-0.4, -0.2) is 73.2 Å². The molecule has 2 N–H and O–H groups in total. The van der Waals surface area contributed by atoms with Gasteiger partial charge in [0.2, 0.25) is 0 Å². The summed E-state index contributed by atoms with van der Waals surface area (Å²) in [4.78, 5) is 26.7. The maximum Gasteiger partial charge on any atom is 0.264 e. The third-order valence-corrected chi connectivity index (χ3v) is 7.86. The number of aromatic amines is 1. The zero-order valence-electron chi connectivity index (χ0n) is 19.9. The van der Waals surface area contributed by atoms with Crippen molar-refractivity contribution in [1.82, 2.24) is 20.0 Å². The molecule has 0 spiro atoms. The van der Waals surface area contributed by atoms with Crippen molar-refractivity contribution in [3.05, 3.63) is 43.7 Å². The summed E-state index contributed by atoms with van der Waals surface area (Å²) in [6.07, 6.45) is 5.51. The lowest BCUT2D eigenvalue weighted by molar-refractivity contribution is -0.0108. The summed E-state index contributed by atoms with van der Waals surface area (Å²) >= 11 is 9.78. The minimum atomic E-state index is -0.235. The van der Waals surface area contributed by atoms with Crippen LogP contribution in [-0.2, 0) is 11.3 Å². The van der Waals surface area contributed by atoms with Crippen molar-refractivity contribution >= 4 is 33.4 Å². The van der Waals surface area contributed by atoms with E-state index in [0.717, 1.165) is 51.9 Å². The Bertz CT molecular complexity index is 1070. The summed E-state index contributed by atoms with van der Waals surface area (Å²) in [5.41, 5.74) is 0.312. The van der Waals surface area contributed by atoms with Gasteiger partial charge in [0.05, 0.1) is 34.4 Å². The van der Waals surface area contributed by atoms with E-state index in [9.17, 15) is 9.59 Å². The Labute approximate surface area is 218 Å². The van der Waals surface area contributed by atoms with Crippen LogP contribution < -0.4 is 20.3 Å². The molecule has 1 fully saturated rings. The number of rotatable bonds is 9. The zero-order valence-corrected chi connectivity index (χ0v) is 22.2. The lowest BCUT2D eigenvalue weighted by Gasteiger charge is -2.38. The van der Waals surface area contributed by atoms with E-state index >= 15 is 0 Å². The van der Waals surface area contributed by atoms with Crippen LogP contribution in [0.15, 0.2) is 27.6 Å². The van der Waals surface area contributed by atoms with E-state index in [2.05, 4.69) is 31.2 Å². The standard InChI is InChI=1S/C24H32BrClN4O5/c1-33-19-15-29(7-2-3-8-30-10-6-20(31)28-30)9-5-16(19)14-27-24(32)17-13-18(26)21(25)23-22(17)34-11-4-12-35-23/h6,10,13,16,19H,2-5,7-9,11-12,14-15H2,1H3,(H,27,32)(H,28,31). The van der Waals surface area contributed by atoms with Crippen molar-refractivity contribution in [2.75, 3.05) is 46.5 Å². The Balaban J connectivity index is 1.28. The Hall–Kier alpha value is -2.01. The molecule has 9 nitrogen and oxygen atoms in total. The first kappa shape index (κ1) is 26.1. The maximum absolute atomic E-state index is 13.1. The number of carbonyl (C=O) groups excluding carboxylic acids is 1. The van der Waals surface area contributed by atoms with Crippen molar-refractivity contribution in [3.63, 3.8) is 0 Å². The molecule has 35 heavy (non-hydrogen) atoms. The molecule has 1 saturated heterocycles. The second-order valence-electron chi connectivity index (χ2n) is 8.95. The van der Waals surface area contributed by atoms with Crippen molar-refractivity contribution in [2.45, 2.75) is 38.3 Å². The average molecular weight is 572 g/mol. The Morgan fingerprint density at radius 3 is 2.80 bits per heavy atom. The lowest BCUT2D eigenvalue weighted by Crippen LogP contribution is -2.48. The zero-order chi connectivity index (χ0) is 24.8. The number of methoxy groups -OCH3 is 1. The van der Waals surface area contributed by atoms with Crippen LogP contribution in [0.3, 0.4) is 0 Å². The lowest BCUT2D eigenvalue weighted by atomic mass is 9.93. The molecule has 2 aliphatic rings. The third kappa shape index (κ3) is 6.61. The molecular formula is C24H32BrClN4O5. The fourth-order valence-corrected chi connectivity index (χ4v) is 5.21. The van der Waals surface area contributed by atoms with Crippen LogP contribution in [0.5, 0.6) is 11.5 Å². The molecule has 3 heterocycles. The number of halogens is 2. The summed E-state index contributed by atoms with van der Waals surface area (Å²) in [7, 11) is 1.73. The SMILES string of the molecule is COC1CN(CCCCn2ccc(=O)[nH]2)CCC1CNC(=O)c1cc(Cl)c(Br)c2c1OCCCO2. The summed E-state index contributed by atoms with van der Waals surface area (Å²) in [5.74, 6) is 0.887. The van der Waals surface area contributed by atoms with Crippen LogP contribution in [0.1, 0.15) is 36.0 Å². The second kappa shape index (κ2) is 12.3. The summed E-state index contributed by atoms with van der Waals surface area (Å²) in [6, 6.07) is 3.16. The van der Waals surface area contributed by atoms with Gasteiger partial charge < -0.3 is 24.4 Å².